The third kappa shape index (κ3) is 3.63. The van der Waals surface area contributed by atoms with Crippen molar-refractivity contribution in [1.82, 2.24) is 14.0 Å². The number of alkyl halides is 2. The van der Waals surface area contributed by atoms with E-state index in [1.54, 1.807) is 6.92 Å². The summed E-state index contributed by atoms with van der Waals surface area (Å²) in [4.78, 5) is 27.7. The Hall–Kier alpha value is -2.49. The molecule has 0 bridgehead atoms. The lowest BCUT2D eigenvalue weighted by Crippen LogP contribution is -2.28. The van der Waals surface area contributed by atoms with E-state index in [-0.39, 0.29) is 11.5 Å². The molecule has 0 saturated heterocycles. The minimum Gasteiger partial charge on any atom is -0.269 e. The molecule has 3 aromatic rings. The Balaban J connectivity index is 0.000000701. The second-order valence-corrected chi connectivity index (χ2v) is 5.57. The van der Waals surface area contributed by atoms with Crippen LogP contribution in [-0.4, -0.2) is 20.9 Å². The number of hydrogen-bond acceptors (Lipinski definition) is 3. The van der Waals surface area contributed by atoms with Crippen LogP contribution in [0.5, 0.6) is 0 Å². The summed E-state index contributed by atoms with van der Waals surface area (Å²) in [6, 6.07) is 4.27. The van der Waals surface area contributed by atoms with E-state index in [4.69, 9.17) is 0 Å². The molecule has 0 unspecified atom stereocenters. The summed E-state index contributed by atoms with van der Waals surface area (Å²) in [6.45, 7) is -0.0383. The number of aromatic nitrogens is 3. The van der Waals surface area contributed by atoms with Gasteiger partial charge in [0.25, 0.3) is 11.1 Å². The highest BCUT2D eigenvalue weighted by Gasteiger charge is 2.16. The standard InChI is InChI=1S/C14H8BrF2N3O2.CH2F2/c1-7-4-10(9(16)5-8(7)15)19-13(22)6-11(17)20-12(21)2-3-18-14(19)20;2-1-3/h2-6H,1H3;1H2. The summed E-state index contributed by atoms with van der Waals surface area (Å²) in [7, 11) is 0. The smallest absolute Gasteiger partial charge is 0.262 e. The molecule has 0 aliphatic heterocycles. The van der Waals surface area contributed by atoms with Gasteiger partial charge >= 0.3 is 0 Å². The Morgan fingerprint density at radius 3 is 2.40 bits per heavy atom. The molecule has 0 amide bonds. The minimum absolute atomic E-state index is 0.110. The van der Waals surface area contributed by atoms with E-state index in [1.807, 2.05) is 0 Å². The van der Waals surface area contributed by atoms with Crippen molar-refractivity contribution in [2.24, 2.45) is 0 Å². The van der Waals surface area contributed by atoms with Crippen LogP contribution in [0.4, 0.5) is 17.6 Å². The Morgan fingerprint density at radius 1 is 1.12 bits per heavy atom. The maximum absolute atomic E-state index is 14.2. The van der Waals surface area contributed by atoms with E-state index in [0.717, 1.165) is 16.8 Å². The van der Waals surface area contributed by atoms with Crippen LogP contribution in [0, 0.1) is 18.7 Å². The van der Waals surface area contributed by atoms with Crippen molar-refractivity contribution in [3.05, 3.63) is 73.0 Å². The van der Waals surface area contributed by atoms with Gasteiger partial charge in [-0.1, -0.05) is 15.9 Å². The third-order valence-corrected chi connectivity index (χ3v) is 4.03. The van der Waals surface area contributed by atoms with Crippen LogP contribution in [-0.2, 0) is 0 Å². The van der Waals surface area contributed by atoms with E-state index >= 15 is 0 Å². The molecule has 0 aliphatic carbocycles. The van der Waals surface area contributed by atoms with Crippen molar-refractivity contribution in [1.29, 1.82) is 0 Å². The number of rotatable bonds is 1. The van der Waals surface area contributed by atoms with Crippen molar-refractivity contribution in [3.8, 4) is 5.69 Å². The van der Waals surface area contributed by atoms with E-state index in [0.29, 0.717) is 20.5 Å². The van der Waals surface area contributed by atoms with Gasteiger partial charge in [-0.05, 0) is 24.6 Å². The zero-order chi connectivity index (χ0) is 18.7. The Kier molecular flexibility index (Phi) is 5.73. The molecule has 132 valence electrons. The van der Waals surface area contributed by atoms with Gasteiger partial charge in [0, 0.05) is 16.7 Å². The van der Waals surface area contributed by atoms with E-state index in [2.05, 4.69) is 20.9 Å². The highest BCUT2D eigenvalue weighted by Crippen LogP contribution is 2.23. The average molecular weight is 420 g/mol. The summed E-state index contributed by atoms with van der Waals surface area (Å²) in [5, 5.41) is 0. The SMILES string of the molecule is Cc1cc(-n2c(=O)cc(F)n3c(=O)ccnc23)c(F)cc1Br.FCF. The van der Waals surface area contributed by atoms with Crippen LogP contribution < -0.4 is 11.1 Å². The molecule has 0 radical (unpaired) electrons. The molecule has 3 rings (SSSR count). The number of hydrogen-bond donors (Lipinski definition) is 0. The lowest BCUT2D eigenvalue weighted by Gasteiger charge is -2.12. The molecule has 5 nitrogen and oxygen atoms in total. The first-order valence-electron chi connectivity index (χ1n) is 6.69. The summed E-state index contributed by atoms with van der Waals surface area (Å²) >= 11 is 3.19. The van der Waals surface area contributed by atoms with Crippen molar-refractivity contribution >= 4 is 21.7 Å². The van der Waals surface area contributed by atoms with Crippen molar-refractivity contribution in [2.45, 2.75) is 6.92 Å². The fourth-order valence-corrected chi connectivity index (χ4v) is 2.44. The molecule has 0 saturated carbocycles. The molecule has 0 fully saturated rings. The summed E-state index contributed by atoms with van der Waals surface area (Å²) in [6.07, 6.45) is 1.14. The predicted octanol–water partition coefficient (Wildman–Crippen LogP) is 3.08. The molecular formula is C15H10BrF4N3O2. The topological polar surface area (TPSA) is 56.4 Å². The number of nitrogens with zero attached hydrogens (tertiary/aromatic N) is 3. The maximum atomic E-state index is 14.2. The van der Waals surface area contributed by atoms with Crippen LogP contribution in [0.3, 0.4) is 0 Å². The fraction of sp³-hybridized carbons (Fsp3) is 0.133. The number of fused-ring (bicyclic) bond motifs is 1. The van der Waals surface area contributed by atoms with Gasteiger partial charge in [-0.3, -0.25) is 9.59 Å². The molecular weight excluding hydrogens is 410 g/mol. The highest BCUT2D eigenvalue weighted by atomic mass is 79.9. The van der Waals surface area contributed by atoms with Gasteiger partial charge in [-0.15, -0.1) is 0 Å². The first-order valence-corrected chi connectivity index (χ1v) is 7.48. The molecule has 0 spiro atoms. The largest absolute Gasteiger partial charge is 0.269 e. The monoisotopic (exact) mass is 419 g/mol. The van der Waals surface area contributed by atoms with Crippen molar-refractivity contribution in [3.63, 3.8) is 0 Å². The molecule has 10 heteroatoms. The zero-order valence-corrected chi connectivity index (χ0v) is 14.2. The Bertz CT molecular complexity index is 1050. The third-order valence-electron chi connectivity index (χ3n) is 3.17. The van der Waals surface area contributed by atoms with Gasteiger partial charge in [-0.25, -0.2) is 27.1 Å². The number of benzene rings is 1. The number of aryl methyl sites for hydroxylation is 1. The Morgan fingerprint density at radius 2 is 1.76 bits per heavy atom. The number of halogens is 5. The summed E-state index contributed by atoms with van der Waals surface area (Å²) < 4.78 is 49.3. The van der Waals surface area contributed by atoms with Crippen LogP contribution >= 0.6 is 15.9 Å². The Labute approximate surface area is 146 Å². The fourth-order valence-electron chi connectivity index (χ4n) is 2.13. The van der Waals surface area contributed by atoms with Crippen LogP contribution in [0.2, 0.25) is 0 Å². The van der Waals surface area contributed by atoms with E-state index < -0.39 is 29.8 Å². The van der Waals surface area contributed by atoms with Gasteiger partial charge in [0.1, 0.15) is 5.82 Å². The first-order chi connectivity index (χ1) is 11.8. The van der Waals surface area contributed by atoms with Gasteiger partial charge < -0.3 is 0 Å². The van der Waals surface area contributed by atoms with Gasteiger partial charge in [-0.2, -0.15) is 4.39 Å². The second-order valence-electron chi connectivity index (χ2n) is 4.71. The maximum Gasteiger partial charge on any atom is 0.262 e. The molecule has 2 aromatic heterocycles. The molecule has 25 heavy (non-hydrogen) atoms. The zero-order valence-electron chi connectivity index (χ0n) is 12.6. The average Bonchev–Trinajstić information content (AvgIpc) is 2.52. The molecule has 0 aliphatic rings. The van der Waals surface area contributed by atoms with E-state index in [9.17, 15) is 27.2 Å². The summed E-state index contributed by atoms with van der Waals surface area (Å²) in [5.74, 6) is -2.05. The van der Waals surface area contributed by atoms with E-state index in [1.165, 1.54) is 12.1 Å². The lowest BCUT2D eigenvalue weighted by atomic mass is 10.2. The molecule has 0 atom stereocenters. The first kappa shape index (κ1) is 18.8. The molecule has 0 N–H and O–H groups in total. The summed E-state index contributed by atoms with van der Waals surface area (Å²) in [5.41, 5.74) is -0.966. The molecule has 1 aromatic carbocycles. The normalized spacial score (nSPS) is 10.5. The van der Waals surface area contributed by atoms with Crippen LogP contribution in [0.25, 0.3) is 11.5 Å². The predicted molar refractivity (Wildman–Crippen MR) is 86.5 cm³/mol. The highest BCUT2D eigenvalue weighted by molar-refractivity contribution is 9.10. The van der Waals surface area contributed by atoms with Crippen molar-refractivity contribution < 1.29 is 17.6 Å². The molecule has 2 heterocycles. The van der Waals surface area contributed by atoms with Crippen molar-refractivity contribution in [2.75, 3.05) is 6.93 Å². The second kappa shape index (κ2) is 7.60. The minimum atomic E-state index is -1.75. The van der Waals surface area contributed by atoms with Gasteiger partial charge in [0.15, 0.2) is 0 Å². The van der Waals surface area contributed by atoms with Crippen LogP contribution in [0.1, 0.15) is 5.56 Å². The quantitative estimate of drug-likeness (QED) is 0.449. The van der Waals surface area contributed by atoms with Gasteiger partial charge in [0.05, 0.1) is 11.8 Å². The van der Waals surface area contributed by atoms with Gasteiger partial charge in [0.2, 0.25) is 18.7 Å². The lowest BCUT2D eigenvalue weighted by molar-refractivity contribution is 0.295. The van der Waals surface area contributed by atoms with Crippen LogP contribution in [0.15, 0.2) is 44.5 Å².